The van der Waals surface area contributed by atoms with E-state index in [0.717, 1.165) is 19.4 Å². The Morgan fingerprint density at radius 2 is 1.84 bits per heavy atom. The lowest BCUT2D eigenvalue weighted by Gasteiger charge is -2.27. The van der Waals surface area contributed by atoms with Crippen LogP contribution < -0.4 is 19.6 Å². The number of nitrogens with zero attached hydrogens (tertiary/aromatic N) is 1. The molecule has 0 saturated carbocycles. The van der Waals surface area contributed by atoms with Gasteiger partial charge in [-0.25, -0.2) is 4.79 Å². The van der Waals surface area contributed by atoms with Gasteiger partial charge in [-0.1, -0.05) is 6.07 Å². The lowest BCUT2D eigenvalue weighted by atomic mass is 10.0. The molecule has 0 aliphatic carbocycles. The van der Waals surface area contributed by atoms with E-state index in [9.17, 15) is 9.59 Å². The van der Waals surface area contributed by atoms with Gasteiger partial charge in [0.05, 0.1) is 29.8 Å². The van der Waals surface area contributed by atoms with Crippen LogP contribution in [0.1, 0.15) is 45.8 Å². The number of carbonyl (C=O) groups excluding carboxylic acids is 1. The van der Waals surface area contributed by atoms with Crippen LogP contribution in [0.5, 0.6) is 17.2 Å². The number of fused-ring (bicyclic) bond motifs is 2. The second-order valence-electron chi connectivity index (χ2n) is 10.5. The van der Waals surface area contributed by atoms with Crippen LogP contribution in [-0.2, 0) is 9.53 Å². The first kappa shape index (κ1) is 25.3. The van der Waals surface area contributed by atoms with E-state index in [-0.39, 0.29) is 23.0 Å². The third-order valence-electron chi connectivity index (χ3n) is 6.59. The molecule has 2 aromatic carbocycles. The van der Waals surface area contributed by atoms with Crippen molar-refractivity contribution < 1.29 is 28.2 Å². The van der Waals surface area contributed by atoms with Crippen molar-refractivity contribution in [2.24, 2.45) is 0 Å². The zero-order valence-corrected chi connectivity index (χ0v) is 21.8. The molecule has 1 saturated heterocycles. The van der Waals surface area contributed by atoms with Crippen molar-refractivity contribution in [1.82, 2.24) is 4.90 Å². The maximum absolute atomic E-state index is 13.5. The molecule has 3 heterocycles. The highest BCUT2D eigenvalue weighted by molar-refractivity contribution is 5.85. The second kappa shape index (κ2) is 10.2. The Balaban J connectivity index is 1.38. The van der Waals surface area contributed by atoms with Crippen molar-refractivity contribution in [2.75, 3.05) is 26.5 Å². The summed E-state index contributed by atoms with van der Waals surface area (Å²) in [7, 11) is 0. The summed E-state index contributed by atoms with van der Waals surface area (Å²) in [6, 6.07) is 9.99. The summed E-state index contributed by atoms with van der Waals surface area (Å²) in [5.74, 6) is 1.76. The van der Waals surface area contributed by atoms with Crippen LogP contribution in [0, 0.1) is 6.92 Å². The second-order valence-corrected chi connectivity index (χ2v) is 10.5. The lowest BCUT2D eigenvalue weighted by molar-refractivity contribution is -0.143. The van der Waals surface area contributed by atoms with Gasteiger partial charge >= 0.3 is 5.97 Å². The van der Waals surface area contributed by atoms with Crippen molar-refractivity contribution in [3.05, 3.63) is 52.4 Å². The molecule has 196 valence electrons. The van der Waals surface area contributed by atoms with Gasteiger partial charge in [-0.05, 0) is 70.4 Å². The van der Waals surface area contributed by atoms with E-state index in [4.69, 9.17) is 23.4 Å². The molecule has 0 N–H and O–H groups in total. The molecule has 5 rings (SSSR count). The average molecular weight is 508 g/mol. The van der Waals surface area contributed by atoms with Crippen molar-refractivity contribution in [1.29, 1.82) is 0 Å². The van der Waals surface area contributed by atoms with Gasteiger partial charge in [-0.3, -0.25) is 9.69 Å². The summed E-state index contributed by atoms with van der Waals surface area (Å²) < 4.78 is 29.1. The standard InChI is InChI=1S/C29H33NO7/c1-18-26(19-8-11-23-25(15-19)34-14-6-13-33-23)27(31)21-10-9-20(16-24(21)36-18)37-28(32)22-7-5-12-30(22)17-35-29(2,3)4/h8-11,15-16,22H,5-7,12-14,17H2,1-4H3. The number of carbonyl (C=O) groups is 1. The maximum atomic E-state index is 13.5. The molecular weight excluding hydrogens is 474 g/mol. The Labute approximate surface area is 216 Å². The molecule has 1 aromatic heterocycles. The van der Waals surface area contributed by atoms with Gasteiger partial charge in [-0.2, -0.15) is 0 Å². The highest BCUT2D eigenvalue weighted by atomic mass is 16.5. The summed E-state index contributed by atoms with van der Waals surface area (Å²) in [6.45, 7) is 10.0. The molecule has 1 atom stereocenters. The molecule has 2 aliphatic rings. The molecule has 0 amide bonds. The van der Waals surface area contributed by atoms with E-state index in [0.29, 0.717) is 71.5 Å². The normalized spacial score (nSPS) is 18.1. The molecule has 2 aliphatic heterocycles. The predicted octanol–water partition coefficient (Wildman–Crippen LogP) is 5.07. The SMILES string of the molecule is Cc1oc2cc(OC(=O)C3CCCN3COC(C)(C)C)ccc2c(=O)c1-c1ccc2c(c1)OCCCO2. The Hall–Kier alpha value is -3.36. The van der Waals surface area contributed by atoms with E-state index in [2.05, 4.69) is 0 Å². The third-order valence-corrected chi connectivity index (χ3v) is 6.59. The van der Waals surface area contributed by atoms with Crippen LogP contribution in [0.2, 0.25) is 0 Å². The summed E-state index contributed by atoms with van der Waals surface area (Å²) in [5, 5.41) is 0.411. The number of likely N-dealkylation sites (tertiary alicyclic amines) is 1. The first-order chi connectivity index (χ1) is 17.7. The number of rotatable bonds is 5. The molecule has 8 heteroatoms. The van der Waals surface area contributed by atoms with Gasteiger partial charge in [0.1, 0.15) is 29.9 Å². The number of benzene rings is 2. The zero-order valence-electron chi connectivity index (χ0n) is 21.8. The molecule has 1 fully saturated rings. The Morgan fingerprint density at radius 1 is 1.05 bits per heavy atom. The topological polar surface area (TPSA) is 87.4 Å². The first-order valence-electron chi connectivity index (χ1n) is 12.8. The molecule has 0 bridgehead atoms. The number of aryl methyl sites for hydroxylation is 1. The lowest BCUT2D eigenvalue weighted by Crippen LogP contribution is -2.41. The van der Waals surface area contributed by atoms with E-state index < -0.39 is 0 Å². The van der Waals surface area contributed by atoms with Gasteiger partial charge in [0.2, 0.25) is 5.43 Å². The predicted molar refractivity (Wildman–Crippen MR) is 139 cm³/mol. The molecule has 0 spiro atoms. The van der Waals surface area contributed by atoms with E-state index in [1.54, 1.807) is 25.1 Å². The van der Waals surface area contributed by atoms with E-state index >= 15 is 0 Å². The quantitative estimate of drug-likeness (QED) is 0.349. The van der Waals surface area contributed by atoms with Crippen LogP contribution in [0.25, 0.3) is 22.1 Å². The Morgan fingerprint density at radius 3 is 2.62 bits per heavy atom. The largest absolute Gasteiger partial charge is 0.490 e. The number of esters is 1. The fourth-order valence-electron chi connectivity index (χ4n) is 4.71. The van der Waals surface area contributed by atoms with E-state index in [1.807, 2.05) is 43.9 Å². The molecule has 0 radical (unpaired) electrons. The third kappa shape index (κ3) is 5.50. The average Bonchev–Trinajstić information content (AvgIpc) is 3.20. The van der Waals surface area contributed by atoms with Crippen molar-refractivity contribution in [3.8, 4) is 28.4 Å². The van der Waals surface area contributed by atoms with Crippen LogP contribution in [0.15, 0.2) is 45.6 Å². The van der Waals surface area contributed by atoms with E-state index in [1.165, 1.54) is 0 Å². The van der Waals surface area contributed by atoms with Crippen LogP contribution >= 0.6 is 0 Å². The molecule has 3 aromatic rings. The van der Waals surface area contributed by atoms with Crippen LogP contribution in [0.4, 0.5) is 0 Å². The smallest absolute Gasteiger partial charge is 0.328 e. The highest BCUT2D eigenvalue weighted by Crippen LogP contribution is 2.35. The van der Waals surface area contributed by atoms with Gasteiger partial charge in [0.15, 0.2) is 11.5 Å². The van der Waals surface area contributed by atoms with Crippen LogP contribution in [-0.4, -0.2) is 49.0 Å². The number of hydrogen-bond acceptors (Lipinski definition) is 8. The van der Waals surface area contributed by atoms with Crippen molar-refractivity contribution in [2.45, 2.75) is 58.6 Å². The molecule has 1 unspecified atom stereocenters. The Kier molecular flexibility index (Phi) is 6.96. The number of hydrogen-bond donors (Lipinski definition) is 0. The first-order valence-corrected chi connectivity index (χ1v) is 12.8. The van der Waals surface area contributed by atoms with Gasteiger partial charge in [0, 0.05) is 19.0 Å². The van der Waals surface area contributed by atoms with Crippen molar-refractivity contribution >= 4 is 16.9 Å². The van der Waals surface area contributed by atoms with Gasteiger partial charge < -0.3 is 23.4 Å². The summed E-state index contributed by atoms with van der Waals surface area (Å²) >= 11 is 0. The minimum atomic E-state index is -0.367. The maximum Gasteiger partial charge on any atom is 0.328 e. The fourth-order valence-corrected chi connectivity index (χ4v) is 4.71. The summed E-state index contributed by atoms with van der Waals surface area (Å²) in [5.41, 5.74) is 1.08. The highest BCUT2D eigenvalue weighted by Gasteiger charge is 2.33. The summed E-state index contributed by atoms with van der Waals surface area (Å²) in [6.07, 6.45) is 2.42. The monoisotopic (exact) mass is 507 g/mol. The molecule has 37 heavy (non-hydrogen) atoms. The molecule has 8 nitrogen and oxygen atoms in total. The minimum absolute atomic E-state index is 0.160. The zero-order chi connectivity index (χ0) is 26.2. The molecular formula is C29H33NO7. The number of ether oxygens (including phenoxy) is 4. The van der Waals surface area contributed by atoms with Crippen LogP contribution in [0.3, 0.4) is 0 Å². The summed E-state index contributed by atoms with van der Waals surface area (Å²) in [4.78, 5) is 28.4. The Bertz CT molecular complexity index is 1370. The minimum Gasteiger partial charge on any atom is -0.490 e. The fraction of sp³-hybridized carbons (Fsp3) is 0.448. The van der Waals surface area contributed by atoms with Crippen molar-refractivity contribution in [3.63, 3.8) is 0 Å². The van der Waals surface area contributed by atoms with Gasteiger partial charge in [0.25, 0.3) is 0 Å². The van der Waals surface area contributed by atoms with Gasteiger partial charge in [-0.15, -0.1) is 0 Å².